The van der Waals surface area contributed by atoms with Crippen LogP contribution in [0.15, 0.2) is 42.5 Å². The highest BCUT2D eigenvalue weighted by molar-refractivity contribution is 6.10. The number of alkyl halides is 3. The van der Waals surface area contributed by atoms with Gasteiger partial charge in [-0.2, -0.15) is 13.2 Å². The molecule has 0 aromatic heterocycles. The molecule has 2 amide bonds. The fourth-order valence-electron chi connectivity index (χ4n) is 5.73. The molecule has 1 unspecified atom stereocenters. The topological polar surface area (TPSA) is 53.1 Å². The molecule has 5 rings (SSSR count). The van der Waals surface area contributed by atoms with Gasteiger partial charge in [0.1, 0.15) is 5.60 Å². The van der Waals surface area contributed by atoms with E-state index in [2.05, 4.69) is 4.90 Å². The van der Waals surface area contributed by atoms with E-state index in [4.69, 9.17) is 4.74 Å². The van der Waals surface area contributed by atoms with Crippen LogP contribution in [-0.4, -0.2) is 53.6 Å². The quantitative estimate of drug-likeness (QED) is 0.513. The standard InChI is InChI=1S/C28H32F3N3O3/c1-18(32-11-10-27(15-32)16-33(17-27)25(36)37-26(2,3)4)19-12-21-22(23(13-19)28(29,30)31)14-34(24(21)35)20-8-6-5-7-9-20/h5-9,12-13,18H,10-11,14-17H2,1-4H3. The molecule has 0 saturated carbocycles. The van der Waals surface area contributed by atoms with Gasteiger partial charge in [-0.3, -0.25) is 9.69 Å². The second kappa shape index (κ2) is 8.75. The first kappa shape index (κ1) is 25.6. The Bertz CT molecular complexity index is 1220. The summed E-state index contributed by atoms with van der Waals surface area (Å²) in [5.41, 5.74) is -0.173. The Kier molecular flexibility index (Phi) is 6.05. The lowest BCUT2D eigenvalue weighted by molar-refractivity contribution is -0.138. The van der Waals surface area contributed by atoms with E-state index in [9.17, 15) is 22.8 Å². The summed E-state index contributed by atoms with van der Waals surface area (Å²) in [4.78, 5) is 30.8. The Morgan fingerprint density at radius 3 is 2.35 bits per heavy atom. The van der Waals surface area contributed by atoms with Crippen molar-refractivity contribution in [3.05, 3.63) is 64.7 Å². The molecule has 6 nitrogen and oxygen atoms in total. The molecule has 37 heavy (non-hydrogen) atoms. The van der Waals surface area contributed by atoms with Crippen LogP contribution < -0.4 is 4.90 Å². The van der Waals surface area contributed by atoms with Crippen LogP contribution in [0.2, 0.25) is 0 Å². The number of hydrogen-bond donors (Lipinski definition) is 0. The van der Waals surface area contributed by atoms with Crippen LogP contribution in [0.5, 0.6) is 0 Å². The van der Waals surface area contributed by atoms with Crippen molar-refractivity contribution in [3.63, 3.8) is 0 Å². The molecule has 2 aromatic rings. The van der Waals surface area contributed by atoms with Crippen molar-refractivity contribution in [1.29, 1.82) is 0 Å². The fourth-order valence-corrected chi connectivity index (χ4v) is 5.73. The van der Waals surface area contributed by atoms with Crippen molar-refractivity contribution in [1.82, 2.24) is 9.80 Å². The highest BCUT2D eigenvalue weighted by Crippen LogP contribution is 2.45. The van der Waals surface area contributed by atoms with Gasteiger partial charge >= 0.3 is 12.3 Å². The SMILES string of the molecule is CC(c1cc2c(c(C(F)(F)F)c1)CN(c1ccccc1)C2=O)N1CCC2(CN(C(=O)OC(C)(C)C)C2)C1. The first-order chi connectivity index (χ1) is 17.3. The fraction of sp³-hybridized carbons (Fsp3) is 0.500. The van der Waals surface area contributed by atoms with Crippen LogP contribution in [-0.2, 0) is 17.5 Å². The summed E-state index contributed by atoms with van der Waals surface area (Å²) in [5.74, 6) is -0.411. The predicted octanol–water partition coefficient (Wildman–Crippen LogP) is 5.87. The number of ether oxygens (including phenoxy) is 1. The van der Waals surface area contributed by atoms with Crippen LogP contribution in [0.3, 0.4) is 0 Å². The van der Waals surface area contributed by atoms with Gasteiger partial charge in [-0.1, -0.05) is 18.2 Å². The summed E-state index contributed by atoms with van der Waals surface area (Å²) >= 11 is 0. The lowest BCUT2D eigenvalue weighted by atomic mass is 9.79. The van der Waals surface area contributed by atoms with Gasteiger partial charge in [-0.05, 0) is 76.1 Å². The zero-order chi connectivity index (χ0) is 26.8. The number of carbonyl (C=O) groups is 2. The first-order valence-electron chi connectivity index (χ1n) is 12.6. The molecule has 3 aliphatic rings. The zero-order valence-electron chi connectivity index (χ0n) is 21.6. The lowest BCUT2D eigenvalue weighted by Crippen LogP contribution is -2.60. The first-order valence-corrected chi connectivity index (χ1v) is 12.6. The second-order valence-electron chi connectivity index (χ2n) is 11.6. The molecule has 0 radical (unpaired) electrons. The maximum atomic E-state index is 14.2. The van der Waals surface area contributed by atoms with Crippen molar-refractivity contribution >= 4 is 17.7 Å². The Balaban J connectivity index is 1.35. The van der Waals surface area contributed by atoms with Crippen LogP contribution in [0.25, 0.3) is 0 Å². The minimum atomic E-state index is -4.57. The lowest BCUT2D eigenvalue weighted by Gasteiger charge is -2.48. The van der Waals surface area contributed by atoms with Crippen LogP contribution in [0.4, 0.5) is 23.7 Å². The van der Waals surface area contributed by atoms with Gasteiger partial charge in [0.15, 0.2) is 0 Å². The number of hydrogen-bond acceptors (Lipinski definition) is 4. The Morgan fingerprint density at radius 1 is 1.05 bits per heavy atom. The van der Waals surface area contributed by atoms with E-state index in [1.165, 1.54) is 11.0 Å². The molecule has 2 saturated heterocycles. The predicted molar refractivity (Wildman–Crippen MR) is 133 cm³/mol. The molecule has 0 N–H and O–H groups in total. The number of para-hydroxylation sites is 1. The maximum Gasteiger partial charge on any atom is 0.416 e. The molecule has 1 spiro atoms. The van der Waals surface area contributed by atoms with E-state index in [0.717, 1.165) is 6.42 Å². The number of nitrogens with zero attached hydrogens (tertiary/aromatic N) is 3. The van der Waals surface area contributed by atoms with Crippen LogP contribution in [0, 0.1) is 5.41 Å². The molecule has 2 fully saturated rings. The highest BCUT2D eigenvalue weighted by atomic mass is 19.4. The smallest absolute Gasteiger partial charge is 0.416 e. The van der Waals surface area contributed by atoms with Crippen molar-refractivity contribution in [3.8, 4) is 0 Å². The number of fused-ring (bicyclic) bond motifs is 1. The Hall–Kier alpha value is -3.07. The van der Waals surface area contributed by atoms with Crippen molar-refractivity contribution < 1.29 is 27.5 Å². The van der Waals surface area contributed by atoms with Gasteiger partial charge in [0, 0.05) is 42.3 Å². The zero-order valence-corrected chi connectivity index (χ0v) is 21.6. The number of anilines is 1. The second-order valence-corrected chi connectivity index (χ2v) is 11.6. The number of amides is 2. The summed E-state index contributed by atoms with van der Waals surface area (Å²) in [6.45, 7) is 9.82. The van der Waals surface area contributed by atoms with E-state index < -0.39 is 23.2 Å². The van der Waals surface area contributed by atoms with E-state index in [1.807, 2.05) is 27.7 Å². The summed E-state index contributed by atoms with van der Waals surface area (Å²) in [6, 6.07) is 11.3. The minimum Gasteiger partial charge on any atom is -0.444 e. The number of carbonyl (C=O) groups excluding carboxylic acids is 2. The van der Waals surface area contributed by atoms with Gasteiger partial charge in [-0.25, -0.2) is 4.79 Å². The highest BCUT2D eigenvalue weighted by Gasteiger charge is 2.51. The average molecular weight is 516 g/mol. The average Bonchev–Trinajstić information content (AvgIpc) is 3.38. The van der Waals surface area contributed by atoms with Gasteiger partial charge in [0.05, 0.1) is 12.1 Å². The molecule has 198 valence electrons. The number of halogens is 3. The molecular formula is C28H32F3N3O3. The Morgan fingerprint density at radius 2 is 1.73 bits per heavy atom. The third-order valence-corrected chi connectivity index (χ3v) is 7.64. The normalized spacial score (nSPS) is 20.2. The molecule has 3 heterocycles. The van der Waals surface area contributed by atoms with Crippen molar-refractivity contribution in [2.24, 2.45) is 5.41 Å². The summed E-state index contributed by atoms with van der Waals surface area (Å²) in [5, 5.41) is 0. The van der Waals surface area contributed by atoms with Gasteiger partial charge < -0.3 is 14.5 Å². The van der Waals surface area contributed by atoms with Gasteiger partial charge in [0.25, 0.3) is 5.91 Å². The van der Waals surface area contributed by atoms with Gasteiger partial charge in [0.2, 0.25) is 0 Å². The van der Waals surface area contributed by atoms with E-state index in [0.29, 0.717) is 37.4 Å². The molecule has 1 atom stereocenters. The molecule has 3 aliphatic heterocycles. The molecule has 2 aromatic carbocycles. The number of rotatable bonds is 3. The van der Waals surface area contributed by atoms with E-state index in [1.54, 1.807) is 41.3 Å². The maximum absolute atomic E-state index is 14.2. The number of benzene rings is 2. The molecule has 0 bridgehead atoms. The largest absolute Gasteiger partial charge is 0.444 e. The van der Waals surface area contributed by atoms with Crippen molar-refractivity contribution in [2.75, 3.05) is 31.1 Å². The minimum absolute atomic E-state index is 0.0298. The van der Waals surface area contributed by atoms with Crippen molar-refractivity contribution in [2.45, 2.75) is 58.5 Å². The molecular weight excluding hydrogens is 483 g/mol. The third kappa shape index (κ3) is 4.81. The summed E-state index contributed by atoms with van der Waals surface area (Å²) in [7, 11) is 0. The summed E-state index contributed by atoms with van der Waals surface area (Å²) < 4.78 is 47.9. The molecule has 9 heteroatoms. The summed E-state index contributed by atoms with van der Waals surface area (Å²) in [6.07, 6.45) is -4.05. The van der Waals surface area contributed by atoms with Gasteiger partial charge in [-0.15, -0.1) is 0 Å². The van der Waals surface area contributed by atoms with E-state index >= 15 is 0 Å². The van der Waals surface area contributed by atoms with Crippen LogP contribution in [0.1, 0.15) is 67.2 Å². The Labute approximate surface area is 215 Å². The van der Waals surface area contributed by atoms with E-state index in [-0.39, 0.29) is 35.2 Å². The molecule has 0 aliphatic carbocycles. The van der Waals surface area contributed by atoms with Crippen LogP contribution >= 0.6 is 0 Å². The number of likely N-dealkylation sites (tertiary alicyclic amines) is 2. The third-order valence-electron chi connectivity index (χ3n) is 7.64. The monoisotopic (exact) mass is 515 g/mol.